The summed E-state index contributed by atoms with van der Waals surface area (Å²) in [5.41, 5.74) is 8.24. The fraction of sp³-hybridized carbons (Fsp3) is 0.364. The van der Waals surface area contributed by atoms with Crippen molar-refractivity contribution in [1.82, 2.24) is 24.9 Å². The van der Waals surface area contributed by atoms with Crippen molar-refractivity contribution in [3.8, 4) is 11.8 Å². The van der Waals surface area contributed by atoms with Gasteiger partial charge in [-0.3, -0.25) is 0 Å². The van der Waals surface area contributed by atoms with E-state index in [9.17, 15) is 4.39 Å². The molecule has 2 aliphatic rings. The first-order chi connectivity index (χ1) is 15.9. The highest BCUT2D eigenvalue weighted by molar-refractivity contribution is 9.10. The zero-order valence-corrected chi connectivity index (χ0v) is 19.6. The van der Waals surface area contributed by atoms with E-state index in [1.165, 1.54) is 6.07 Å². The highest BCUT2D eigenvalue weighted by Crippen LogP contribution is 2.46. The Balaban J connectivity index is 1.58. The average molecular weight is 513 g/mol. The van der Waals surface area contributed by atoms with Gasteiger partial charge in [-0.1, -0.05) is 0 Å². The van der Waals surface area contributed by atoms with Gasteiger partial charge in [0, 0.05) is 37.1 Å². The number of rotatable bonds is 4. The van der Waals surface area contributed by atoms with Gasteiger partial charge in [-0.15, -0.1) is 0 Å². The van der Waals surface area contributed by atoms with Crippen LogP contribution in [-0.4, -0.2) is 50.6 Å². The van der Waals surface area contributed by atoms with E-state index in [0.717, 1.165) is 30.3 Å². The molecule has 9 nitrogen and oxygen atoms in total. The van der Waals surface area contributed by atoms with Gasteiger partial charge in [-0.25, -0.2) is 14.4 Å². The number of hydrogen-bond donors (Lipinski definition) is 3. The normalized spacial score (nSPS) is 22.0. The number of nitrogens with zero attached hydrogens (tertiary/aromatic N) is 5. The summed E-state index contributed by atoms with van der Waals surface area (Å²) >= 11 is 3.45. The molecule has 3 aromatic heterocycles. The van der Waals surface area contributed by atoms with Crippen molar-refractivity contribution in [2.24, 2.45) is 11.7 Å². The van der Waals surface area contributed by atoms with Crippen molar-refractivity contribution in [3.63, 3.8) is 0 Å². The van der Waals surface area contributed by atoms with Gasteiger partial charge >= 0.3 is 6.01 Å². The van der Waals surface area contributed by atoms with Gasteiger partial charge in [0.2, 0.25) is 0 Å². The summed E-state index contributed by atoms with van der Waals surface area (Å²) in [6.07, 6.45) is 5.09. The zero-order chi connectivity index (χ0) is 22.9. The van der Waals surface area contributed by atoms with E-state index < -0.39 is 0 Å². The van der Waals surface area contributed by atoms with Crippen molar-refractivity contribution < 1.29 is 9.13 Å². The van der Waals surface area contributed by atoms with Crippen LogP contribution in [0.5, 0.6) is 11.8 Å². The number of nitrogens with two attached hydrogens (primary N) is 1. The minimum absolute atomic E-state index is 0.172. The molecule has 11 heteroatoms. The Morgan fingerprint density at radius 2 is 2.03 bits per heavy atom. The first kappa shape index (κ1) is 20.5. The average Bonchev–Trinajstić information content (AvgIpc) is 3.49. The number of halogens is 2. The molecule has 0 amide bonds. The number of hydrogen-bond acceptors (Lipinski definition) is 8. The highest BCUT2D eigenvalue weighted by Gasteiger charge is 2.44. The standard InChI is InChI=1S/C22H22BrFN8O/c1-9-27-6-12(7-28-9)33-22-30-20-17(16-18(23)13(24)5-15(26-2)19(16)29-20)21(31-22)32-8-10-3-11(32)4-14(10)25/h5-7,10-11,14,26H,3-4,8,25H2,1-2H3,(H,29,30,31). The molecule has 2 bridgehead atoms. The Morgan fingerprint density at radius 1 is 1.24 bits per heavy atom. The van der Waals surface area contributed by atoms with E-state index in [1.807, 2.05) is 0 Å². The largest absolute Gasteiger partial charge is 0.421 e. The van der Waals surface area contributed by atoms with Gasteiger partial charge in [-0.2, -0.15) is 9.97 Å². The maximum absolute atomic E-state index is 14.8. The molecule has 2 fully saturated rings. The Morgan fingerprint density at radius 3 is 2.70 bits per heavy atom. The lowest BCUT2D eigenvalue weighted by Gasteiger charge is -2.31. The monoisotopic (exact) mass is 512 g/mol. The smallest absolute Gasteiger partial charge is 0.326 e. The quantitative estimate of drug-likeness (QED) is 0.377. The van der Waals surface area contributed by atoms with Crippen molar-refractivity contribution in [2.45, 2.75) is 31.8 Å². The third kappa shape index (κ3) is 3.21. The van der Waals surface area contributed by atoms with E-state index in [2.05, 4.69) is 46.1 Å². The lowest BCUT2D eigenvalue weighted by Crippen LogP contribution is -2.41. The number of piperidine rings is 1. The lowest BCUT2D eigenvalue weighted by molar-refractivity contribution is 0.435. The van der Waals surface area contributed by atoms with Crippen LogP contribution in [0.4, 0.5) is 15.9 Å². The summed E-state index contributed by atoms with van der Waals surface area (Å²) in [7, 11) is 1.76. The van der Waals surface area contributed by atoms with Gasteiger partial charge in [0.05, 0.1) is 33.5 Å². The second-order valence-corrected chi connectivity index (χ2v) is 9.46. The summed E-state index contributed by atoms with van der Waals surface area (Å²) in [4.78, 5) is 23.4. The van der Waals surface area contributed by atoms with Crippen LogP contribution < -0.4 is 20.7 Å². The Labute approximate surface area is 197 Å². The summed E-state index contributed by atoms with van der Waals surface area (Å²) in [5.74, 6) is 1.84. The predicted octanol–water partition coefficient (Wildman–Crippen LogP) is 3.87. The molecule has 1 aromatic carbocycles. The number of anilines is 2. The Kier molecular flexibility index (Phi) is 4.66. The van der Waals surface area contributed by atoms with Crippen LogP contribution in [0.3, 0.4) is 0 Å². The molecule has 0 spiro atoms. The number of aromatic amines is 1. The van der Waals surface area contributed by atoms with E-state index >= 15 is 0 Å². The second-order valence-electron chi connectivity index (χ2n) is 8.67. The zero-order valence-electron chi connectivity index (χ0n) is 18.1. The van der Waals surface area contributed by atoms with Crippen molar-refractivity contribution in [3.05, 3.63) is 34.6 Å². The third-order valence-electron chi connectivity index (χ3n) is 6.69. The number of fused-ring (bicyclic) bond motifs is 5. The summed E-state index contributed by atoms with van der Waals surface area (Å²) in [5, 5.41) is 4.51. The predicted molar refractivity (Wildman–Crippen MR) is 127 cm³/mol. The topological polar surface area (TPSA) is 118 Å². The molecule has 1 aliphatic heterocycles. The molecule has 33 heavy (non-hydrogen) atoms. The number of ether oxygens (including phenoxy) is 1. The van der Waals surface area contributed by atoms with Gasteiger partial charge in [-0.05, 0) is 41.6 Å². The Bertz CT molecular complexity index is 1390. The SMILES string of the molecule is CNc1cc(F)c(Br)c2c1[nH]c1nc(Oc3cnc(C)nc3)nc(N3CC4CC3CC4N)c12. The minimum atomic E-state index is -0.360. The molecular weight excluding hydrogens is 491 g/mol. The molecule has 3 atom stereocenters. The maximum Gasteiger partial charge on any atom is 0.326 e. The molecule has 4 heterocycles. The molecule has 1 aliphatic carbocycles. The molecule has 4 aromatic rings. The van der Waals surface area contributed by atoms with Gasteiger partial charge in [0.15, 0.2) is 5.75 Å². The van der Waals surface area contributed by atoms with Crippen molar-refractivity contribution >= 4 is 49.4 Å². The third-order valence-corrected chi connectivity index (χ3v) is 7.46. The molecule has 170 valence electrons. The first-order valence-electron chi connectivity index (χ1n) is 10.8. The van der Waals surface area contributed by atoms with Crippen LogP contribution >= 0.6 is 15.9 Å². The van der Waals surface area contributed by atoms with Crippen LogP contribution in [0.1, 0.15) is 18.7 Å². The van der Waals surface area contributed by atoms with Crippen LogP contribution in [0, 0.1) is 18.7 Å². The first-order valence-corrected chi connectivity index (χ1v) is 11.6. The second kappa shape index (κ2) is 7.49. The van der Waals surface area contributed by atoms with Crippen molar-refractivity contribution in [1.29, 1.82) is 0 Å². The summed E-state index contributed by atoms with van der Waals surface area (Å²) in [6.45, 7) is 2.60. The maximum atomic E-state index is 14.8. The van der Waals surface area contributed by atoms with Crippen LogP contribution in [-0.2, 0) is 0 Å². The molecule has 1 saturated carbocycles. The summed E-state index contributed by atoms with van der Waals surface area (Å²) in [6, 6.07) is 2.10. The molecule has 1 saturated heterocycles. The molecule has 0 radical (unpaired) electrons. The van der Waals surface area contributed by atoms with Crippen molar-refractivity contribution in [2.75, 3.05) is 23.8 Å². The van der Waals surface area contributed by atoms with Crippen LogP contribution in [0.15, 0.2) is 22.9 Å². The van der Waals surface area contributed by atoms with E-state index in [4.69, 9.17) is 15.5 Å². The number of benzene rings is 1. The number of aromatic nitrogens is 5. The molecular formula is C22H22BrFN8O. The number of aryl methyl sites for hydroxylation is 1. The lowest BCUT2D eigenvalue weighted by atomic mass is 10.0. The van der Waals surface area contributed by atoms with E-state index in [0.29, 0.717) is 44.5 Å². The minimum Gasteiger partial charge on any atom is -0.421 e. The molecule has 3 unspecified atom stereocenters. The summed E-state index contributed by atoms with van der Waals surface area (Å²) < 4.78 is 21.1. The number of H-pyrrole nitrogens is 1. The van der Waals surface area contributed by atoms with Crippen LogP contribution in [0.25, 0.3) is 21.9 Å². The van der Waals surface area contributed by atoms with Gasteiger partial charge in [0.25, 0.3) is 0 Å². The van der Waals surface area contributed by atoms with E-state index in [-0.39, 0.29) is 23.9 Å². The van der Waals surface area contributed by atoms with Gasteiger partial charge in [0.1, 0.15) is 23.1 Å². The van der Waals surface area contributed by atoms with E-state index in [1.54, 1.807) is 26.4 Å². The highest BCUT2D eigenvalue weighted by atomic mass is 79.9. The fourth-order valence-electron chi connectivity index (χ4n) is 5.10. The van der Waals surface area contributed by atoms with Crippen LogP contribution in [0.2, 0.25) is 0 Å². The number of nitrogens with one attached hydrogen (secondary N) is 2. The molecule has 6 rings (SSSR count). The van der Waals surface area contributed by atoms with Gasteiger partial charge < -0.3 is 25.7 Å². The fourth-order valence-corrected chi connectivity index (χ4v) is 5.61. The molecule has 4 N–H and O–H groups in total. The Hall–Kier alpha value is -3.05.